The van der Waals surface area contributed by atoms with Gasteiger partial charge in [0.25, 0.3) is 5.91 Å². The second-order valence-electron chi connectivity index (χ2n) is 5.49. The molecule has 21 heavy (non-hydrogen) atoms. The number of nitrogens with one attached hydrogen (secondary N) is 1. The molecule has 0 spiro atoms. The fourth-order valence-electron chi connectivity index (χ4n) is 2.44. The number of fused-ring (bicyclic) bond motifs is 1. The average Bonchev–Trinajstić information content (AvgIpc) is 2.50. The summed E-state index contributed by atoms with van der Waals surface area (Å²) in [6.07, 6.45) is 0.467. The molecule has 112 valence electrons. The summed E-state index contributed by atoms with van der Waals surface area (Å²) in [5, 5.41) is 11.7. The second-order valence-corrected chi connectivity index (χ2v) is 5.49. The average molecular weight is 290 g/mol. The quantitative estimate of drug-likeness (QED) is 0.874. The number of carboxylic acid groups (broad SMARTS) is 1. The highest BCUT2D eigenvalue weighted by atomic mass is 16.4. The predicted octanol–water partition coefficient (Wildman–Crippen LogP) is 1.26. The molecule has 0 fully saturated rings. The maximum atomic E-state index is 12.6. The number of nitrogens with zero attached hydrogens (tertiary/aromatic N) is 1. The molecule has 2 amide bonds. The van der Waals surface area contributed by atoms with E-state index in [2.05, 4.69) is 5.32 Å². The van der Waals surface area contributed by atoms with Crippen molar-refractivity contribution in [3.63, 3.8) is 0 Å². The standard InChI is InChI=1S/C15H18N2O4/c1-9(2)7-11-15(21)17(8-13(18)19)12-6-4-3-5-10(12)14(20)16-11/h3-6,9,11H,7-8H2,1-2H3,(H,16,20)(H,18,19)/t11-/m1/s1. The lowest BCUT2D eigenvalue weighted by Gasteiger charge is -2.24. The topological polar surface area (TPSA) is 86.7 Å². The van der Waals surface area contributed by atoms with Crippen LogP contribution in [0.2, 0.25) is 0 Å². The van der Waals surface area contributed by atoms with Crippen LogP contribution in [0, 0.1) is 5.92 Å². The Morgan fingerprint density at radius 1 is 1.33 bits per heavy atom. The first kappa shape index (κ1) is 15.0. The van der Waals surface area contributed by atoms with Crippen LogP contribution in [0.3, 0.4) is 0 Å². The number of carbonyl (C=O) groups excluding carboxylic acids is 2. The van der Waals surface area contributed by atoms with E-state index in [1.807, 2.05) is 13.8 Å². The van der Waals surface area contributed by atoms with Crippen LogP contribution in [0.25, 0.3) is 0 Å². The highest BCUT2D eigenvalue weighted by Gasteiger charge is 2.34. The van der Waals surface area contributed by atoms with Gasteiger partial charge in [-0.2, -0.15) is 0 Å². The van der Waals surface area contributed by atoms with Gasteiger partial charge in [-0.15, -0.1) is 0 Å². The van der Waals surface area contributed by atoms with Crippen molar-refractivity contribution in [1.82, 2.24) is 5.32 Å². The lowest BCUT2D eigenvalue weighted by molar-refractivity contribution is -0.136. The van der Waals surface area contributed by atoms with E-state index in [1.165, 1.54) is 4.90 Å². The number of hydrogen-bond donors (Lipinski definition) is 2. The molecular formula is C15H18N2O4. The van der Waals surface area contributed by atoms with Crippen molar-refractivity contribution in [2.75, 3.05) is 11.4 Å². The Kier molecular flexibility index (Phi) is 4.26. The molecule has 1 aromatic rings. The minimum Gasteiger partial charge on any atom is -0.480 e. The highest BCUT2D eigenvalue weighted by molar-refractivity contribution is 6.12. The molecule has 1 heterocycles. The molecule has 1 aliphatic rings. The Morgan fingerprint density at radius 3 is 2.62 bits per heavy atom. The van der Waals surface area contributed by atoms with Crippen LogP contribution in [0.4, 0.5) is 5.69 Å². The number of para-hydroxylation sites is 1. The first-order valence-electron chi connectivity index (χ1n) is 6.83. The van der Waals surface area contributed by atoms with Crippen molar-refractivity contribution in [2.45, 2.75) is 26.3 Å². The maximum Gasteiger partial charge on any atom is 0.323 e. The number of rotatable bonds is 4. The molecule has 6 heteroatoms. The molecule has 0 radical (unpaired) electrons. The number of amides is 2. The van der Waals surface area contributed by atoms with E-state index >= 15 is 0 Å². The van der Waals surface area contributed by atoms with Crippen LogP contribution in [0.1, 0.15) is 30.6 Å². The summed E-state index contributed by atoms with van der Waals surface area (Å²) in [6.45, 7) is 3.43. The van der Waals surface area contributed by atoms with Crippen molar-refractivity contribution in [3.05, 3.63) is 29.8 Å². The summed E-state index contributed by atoms with van der Waals surface area (Å²) < 4.78 is 0. The molecule has 2 N–H and O–H groups in total. The third kappa shape index (κ3) is 3.21. The van der Waals surface area contributed by atoms with Gasteiger partial charge in [-0.05, 0) is 24.5 Å². The van der Waals surface area contributed by atoms with Gasteiger partial charge >= 0.3 is 5.97 Å². The van der Waals surface area contributed by atoms with Gasteiger partial charge in [0.05, 0.1) is 11.3 Å². The first-order chi connectivity index (χ1) is 9.90. The third-order valence-corrected chi connectivity index (χ3v) is 3.31. The summed E-state index contributed by atoms with van der Waals surface area (Å²) in [5.74, 6) is -1.65. The van der Waals surface area contributed by atoms with Gasteiger partial charge in [0.2, 0.25) is 5.91 Å². The van der Waals surface area contributed by atoms with E-state index in [0.29, 0.717) is 17.7 Å². The lowest BCUT2D eigenvalue weighted by atomic mass is 10.0. The van der Waals surface area contributed by atoms with Gasteiger partial charge in [0, 0.05) is 0 Å². The normalized spacial score (nSPS) is 18.2. The Bertz CT molecular complexity index is 583. The molecule has 0 saturated heterocycles. The summed E-state index contributed by atoms with van der Waals surface area (Å²) in [6, 6.07) is 5.84. The maximum absolute atomic E-state index is 12.6. The zero-order valence-corrected chi connectivity index (χ0v) is 12.0. The molecule has 2 rings (SSSR count). The van der Waals surface area contributed by atoms with E-state index in [4.69, 9.17) is 5.11 Å². The summed E-state index contributed by atoms with van der Waals surface area (Å²) in [4.78, 5) is 37.0. The van der Waals surface area contributed by atoms with Gasteiger partial charge in [-0.3, -0.25) is 19.3 Å². The minimum absolute atomic E-state index is 0.201. The molecule has 0 saturated carbocycles. The molecule has 0 bridgehead atoms. The third-order valence-electron chi connectivity index (χ3n) is 3.31. The van der Waals surface area contributed by atoms with Gasteiger partial charge in [0.15, 0.2) is 0 Å². The zero-order valence-electron chi connectivity index (χ0n) is 12.0. The Balaban J connectivity index is 2.46. The lowest BCUT2D eigenvalue weighted by Crippen LogP contribution is -2.47. The number of carbonyl (C=O) groups is 3. The van der Waals surface area contributed by atoms with Crippen molar-refractivity contribution in [1.29, 1.82) is 0 Å². The van der Waals surface area contributed by atoms with Gasteiger partial charge in [-0.25, -0.2) is 0 Å². The predicted molar refractivity (Wildman–Crippen MR) is 77.1 cm³/mol. The molecule has 1 aromatic carbocycles. The highest BCUT2D eigenvalue weighted by Crippen LogP contribution is 2.25. The number of anilines is 1. The van der Waals surface area contributed by atoms with E-state index in [1.54, 1.807) is 24.3 Å². The van der Waals surface area contributed by atoms with Crippen molar-refractivity contribution in [2.24, 2.45) is 5.92 Å². The summed E-state index contributed by atoms with van der Waals surface area (Å²) in [5.41, 5.74) is 0.659. The molecule has 0 aliphatic carbocycles. The minimum atomic E-state index is -1.12. The van der Waals surface area contributed by atoms with E-state index < -0.39 is 18.6 Å². The van der Waals surface area contributed by atoms with Gasteiger partial charge < -0.3 is 10.4 Å². The fraction of sp³-hybridized carbons (Fsp3) is 0.400. The number of carboxylic acids is 1. The largest absolute Gasteiger partial charge is 0.480 e. The first-order valence-corrected chi connectivity index (χ1v) is 6.83. The van der Waals surface area contributed by atoms with Crippen LogP contribution >= 0.6 is 0 Å². The van der Waals surface area contributed by atoms with Crippen LogP contribution in [-0.2, 0) is 9.59 Å². The molecular weight excluding hydrogens is 272 g/mol. The molecule has 1 atom stereocenters. The van der Waals surface area contributed by atoms with Gasteiger partial charge in [0.1, 0.15) is 12.6 Å². The molecule has 1 aliphatic heterocycles. The smallest absolute Gasteiger partial charge is 0.323 e. The zero-order chi connectivity index (χ0) is 15.6. The van der Waals surface area contributed by atoms with E-state index in [9.17, 15) is 14.4 Å². The number of aliphatic carboxylic acids is 1. The Hall–Kier alpha value is -2.37. The van der Waals surface area contributed by atoms with Crippen molar-refractivity contribution < 1.29 is 19.5 Å². The van der Waals surface area contributed by atoms with Gasteiger partial charge in [-0.1, -0.05) is 26.0 Å². The Labute approximate surface area is 122 Å². The van der Waals surface area contributed by atoms with Crippen LogP contribution in [0.5, 0.6) is 0 Å². The van der Waals surface area contributed by atoms with Crippen LogP contribution in [-0.4, -0.2) is 35.5 Å². The summed E-state index contributed by atoms with van der Waals surface area (Å²) in [7, 11) is 0. The van der Waals surface area contributed by atoms with Crippen LogP contribution < -0.4 is 10.2 Å². The van der Waals surface area contributed by atoms with E-state index in [0.717, 1.165) is 0 Å². The number of benzene rings is 1. The number of hydrogen-bond acceptors (Lipinski definition) is 3. The molecule has 6 nitrogen and oxygen atoms in total. The van der Waals surface area contributed by atoms with E-state index in [-0.39, 0.29) is 17.7 Å². The van der Waals surface area contributed by atoms with Crippen LogP contribution in [0.15, 0.2) is 24.3 Å². The SMILES string of the molecule is CC(C)C[C@H]1NC(=O)c2ccccc2N(CC(=O)O)C1=O. The van der Waals surface area contributed by atoms with Crippen molar-refractivity contribution >= 4 is 23.5 Å². The van der Waals surface area contributed by atoms with Crippen molar-refractivity contribution in [3.8, 4) is 0 Å². The monoisotopic (exact) mass is 290 g/mol. The Morgan fingerprint density at radius 2 is 2.00 bits per heavy atom. The molecule has 0 unspecified atom stereocenters. The molecule has 0 aromatic heterocycles. The summed E-state index contributed by atoms with van der Waals surface area (Å²) >= 11 is 0. The fourth-order valence-corrected chi connectivity index (χ4v) is 2.44. The second kappa shape index (κ2) is 5.95.